The Kier molecular flexibility index (Phi) is 6.09. The topological polar surface area (TPSA) is 109 Å². The SMILES string of the molecule is CC(C)(C)OC(=O)N(CC=O)N1CCN(c2ccncc2[N+](=O)[O-])CC1. The molecule has 0 spiro atoms. The molecule has 0 aromatic carbocycles. The summed E-state index contributed by atoms with van der Waals surface area (Å²) >= 11 is 0. The number of hydrogen-bond acceptors (Lipinski definition) is 8. The standard InChI is InChI=1S/C16H23N5O5/c1-16(2,3)26-15(23)20(10-11-22)19-8-6-18(7-9-19)13-4-5-17-12-14(13)21(24)25/h4-5,11-12H,6-10H2,1-3H3. The van der Waals surface area contributed by atoms with Crippen molar-refractivity contribution in [1.29, 1.82) is 0 Å². The molecule has 1 aliphatic rings. The monoisotopic (exact) mass is 365 g/mol. The van der Waals surface area contributed by atoms with Gasteiger partial charge >= 0.3 is 11.8 Å². The van der Waals surface area contributed by atoms with Gasteiger partial charge in [-0.3, -0.25) is 15.1 Å². The lowest BCUT2D eigenvalue weighted by atomic mass is 10.2. The number of carbonyl (C=O) groups excluding carboxylic acids is 2. The normalized spacial score (nSPS) is 15.4. The van der Waals surface area contributed by atoms with Gasteiger partial charge in [-0.05, 0) is 26.8 Å². The van der Waals surface area contributed by atoms with Crippen LogP contribution in [0.5, 0.6) is 0 Å². The van der Waals surface area contributed by atoms with Crippen molar-refractivity contribution in [3.8, 4) is 0 Å². The van der Waals surface area contributed by atoms with Crippen LogP contribution in [0.2, 0.25) is 0 Å². The second kappa shape index (κ2) is 8.09. The van der Waals surface area contributed by atoms with Crippen molar-refractivity contribution in [3.63, 3.8) is 0 Å². The van der Waals surface area contributed by atoms with E-state index >= 15 is 0 Å². The van der Waals surface area contributed by atoms with E-state index in [-0.39, 0.29) is 12.2 Å². The van der Waals surface area contributed by atoms with Gasteiger partial charge in [0.2, 0.25) is 0 Å². The summed E-state index contributed by atoms with van der Waals surface area (Å²) < 4.78 is 5.34. The molecular weight excluding hydrogens is 342 g/mol. The van der Waals surface area contributed by atoms with Crippen LogP contribution in [-0.4, -0.2) is 70.6 Å². The minimum Gasteiger partial charge on any atom is -0.443 e. The van der Waals surface area contributed by atoms with E-state index in [4.69, 9.17) is 4.74 Å². The number of aldehydes is 1. The first-order chi connectivity index (χ1) is 12.2. The van der Waals surface area contributed by atoms with Crippen LogP contribution in [0.15, 0.2) is 18.5 Å². The molecule has 0 bridgehead atoms. The van der Waals surface area contributed by atoms with E-state index in [2.05, 4.69) is 4.98 Å². The second-order valence-corrected chi connectivity index (χ2v) is 6.79. The van der Waals surface area contributed by atoms with Crippen LogP contribution < -0.4 is 4.90 Å². The molecule has 0 saturated carbocycles. The van der Waals surface area contributed by atoms with Gasteiger partial charge in [0.25, 0.3) is 0 Å². The van der Waals surface area contributed by atoms with Crippen LogP contribution in [0.3, 0.4) is 0 Å². The Morgan fingerprint density at radius 2 is 2.04 bits per heavy atom. The van der Waals surface area contributed by atoms with Crippen LogP contribution in [-0.2, 0) is 9.53 Å². The maximum Gasteiger partial charge on any atom is 0.425 e. The van der Waals surface area contributed by atoms with E-state index in [0.29, 0.717) is 38.2 Å². The molecule has 1 saturated heterocycles. The maximum absolute atomic E-state index is 12.3. The smallest absolute Gasteiger partial charge is 0.425 e. The molecule has 10 heteroatoms. The number of nitro groups is 1. The van der Waals surface area contributed by atoms with E-state index < -0.39 is 16.6 Å². The molecule has 1 amide bonds. The second-order valence-electron chi connectivity index (χ2n) is 6.79. The summed E-state index contributed by atoms with van der Waals surface area (Å²) in [6, 6.07) is 1.60. The first kappa shape index (κ1) is 19.6. The van der Waals surface area contributed by atoms with E-state index in [1.54, 1.807) is 31.8 Å². The number of hydrazine groups is 1. The molecule has 0 aliphatic carbocycles. The van der Waals surface area contributed by atoms with Gasteiger partial charge in [0.1, 0.15) is 23.8 Å². The lowest BCUT2D eigenvalue weighted by molar-refractivity contribution is -0.384. The fraction of sp³-hybridized carbons (Fsp3) is 0.562. The average molecular weight is 365 g/mol. The van der Waals surface area contributed by atoms with Crippen molar-refractivity contribution >= 4 is 23.8 Å². The fourth-order valence-corrected chi connectivity index (χ4v) is 2.66. The van der Waals surface area contributed by atoms with Gasteiger partial charge in [0.05, 0.1) is 11.5 Å². The Morgan fingerprint density at radius 3 is 2.58 bits per heavy atom. The summed E-state index contributed by atoms with van der Waals surface area (Å²) in [6.45, 7) is 6.93. The summed E-state index contributed by atoms with van der Waals surface area (Å²) in [5, 5.41) is 14.2. The third-order valence-electron chi connectivity index (χ3n) is 3.76. The first-order valence-electron chi connectivity index (χ1n) is 8.25. The van der Waals surface area contributed by atoms with Crippen molar-refractivity contribution < 1.29 is 19.2 Å². The predicted octanol–water partition coefficient (Wildman–Crippen LogP) is 1.46. The highest BCUT2D eigenvalue weighted by Crippen LogP contribution is 2.27. The van der Waals surface area contributed by atoms with Crippen LogP contribution in [0.25, 0.3) is 0 Å². The molecule has 0 N–H and O–H groups in total. The maximum atomic E-state index is 12.3. The Labute approximate surface area is 151 Å². The molecule has 0 atom stereocenters. The highest BCUT2D eigenvalue weighted by molar-refractivity contribution is 5.71. The third-order valence-corrected chi connectivity index (χ3v) is 3.76. The van der Waals surface area contributed by atoms with Gasteiger partial charge in [-0.25, -0.2) is 14.8 Å². The number of pyridine rings is 1. The fourth-order valence-electron chi connectivity index (χ4n) is 2.66. The van der Waals surface area contributed by atoms with Gasteiger partial charge in [-0.1, -0.05) is 0 Å². The van der Waals surface area contributed by atoms with E-state index in [1.807, 2.05) is 4.90 Å². The lowest BCUT2D eigenvalue weighted by Crippen LogP contribution is -2.57. The number of aromatic nitrogens is 1. The first-order valence-corrected chi connectivity index (χ1v) is 8.25. The molecule has 2 rings (SSSR count). The Bertz CT molecular complexity index is 667. The number of anilines is 1. The highest BCUT2D eigenvalue weighted by Gasteiger charge is 2.30. The number of amides is 1. The van der Waals surface area contributed by atoms with Crippen LogP contribution in [0.1, 0.15) is 20.8 Å². The third kappa shape index (κ3) is 4.88. The molecule has 142 valence electrons. The molecule has 26 heavy (non-hydrogen) atoms. The zero-order chi connectivity index (χ0) is 19.3. The minimum absolute atomic E-state index is 0.0576. The van der Waals surface area contributed by atoms with Gasteiger partial charge in [-0.2, -0.15) is 0 Å². The van der Waals surface area contributed by atoms with Crippen molar-refractivity contribution in [2.24, 2.45) is 0 Å². The largest absolute Gasteiger partial charge is 0.443 e. The number of piperazine rings is 1. The zero-order valence-corrected chi connectivity index (χ0v) is 15.1. The Hall–Kier alpha value is -2.75. The number of carbonyl (C=O) groups is 2. The number of hydrogen-bond donors (Lipinski definition) is 0. The van der Waals surface area contributed by atoms with E-state index in [1.165, 1.54) is 17.4 Å². The van der Waals surface area contributed by atoms with Gasteiger partial charge in [0, 0.05) is 32.4 Å². The molecule has 2 heterocycles. The lowest BCUT2D eigenvalue weighted by Gasteiger charge is -2.41. The molecule has 0 radical (unpaired) electrons. The highest BCUT2D eigenvalue weighted by atomic mass is 16.6. The molecule has 10 nitrogen and oxygen atoms in total. The van der Waals surface area contributed by atoms with Crippen LogP contribution >= 0.6 is 0 Å². The van der Waals surface area contributed by atoms with E-state index in [9.17, 15) is 19.7 Å². The van der Waals surface area contributed by atoms with Gasteiger partial charge < -0.3 is 14.4 Å². The van der Waals surface area contributed by atoms with Gasteiger partial charge in [-0.15, -0.1) is 0 Å². The molecular formula is C16H23N5O5. The molecule has 0 unspecified atom stereocenters. The number of nitrogens with zero attached hydrogens (tertiary/aromatic N) is 5. The zero-order valence-electron chi connectivity index (χ0n) is 15.1. The molecule has 1 aliphatic heterocycles. The summed E-state index contributed by atoms with van der Waals surface area (Å²) in [6.07, 6.45) is 2.78. The van der Waals surface area contributed by atoms with Crippen LogP contribution in [0.4, 0.5) is 16.2 Å². The van der Waals surface area contributed by atoms with Crippen LogP contribution in [0, 0.1) is 10.1 Å². The van der Waals surface area contributed by atoms with E-state index in [0.717, 1.165) is 0 Å². The Morgan fingerprint density at radius 1 is 1.38 bits per heavy atom. The minimum atomic E-state index is -0.669. The Balaban J connectivity index is 2.07. The van der Waals surface area contributed by atoms with Crippen molar-refractivity contribution in [3.05, 3.63) is 28.6 Å². The number of ether oxygens (including phenoxy) is 1. The average Bonchev–Trinajstić information content (AvgIpc) is 2.58. The molecule has 1 aromatic rings. The quantitative estimate of drug-likeness (QED) is 0.438. The molecule has 1 aromatic heterocycles. The number of rotatable bonds is 5. The van der Waals surface area contributed by atoms with Crippen molar-refractivity contribution in [2.75, 3.05) is 37.6 Å². The van der Waals surface area contributed by atoms with Crippen molar-refractivity contribution in [1.82, 2.24) is 15.0 Å². The predicted molar refractivity (Wildman–Crippen MR) is 93.7 cm³/mol. The summed E-state index contributed by atoms with van der Waals surface area (Å²) in [7, 11) is 0. The summed E-state index contributed by atoms with van der Waals surface area (Å²) in [5.41, 5.74) is -0.237. The van der Waals surface area contributed by atoms with Gasteiger partial charge in [0.15, 0.2) is 0 Å². The summed E-state index contributed by atoms with van der Waals surface area (Å²) in [5.74, 6) is 0. The summed E-state index contributed by atoms with van der Waals surface area (Å²) in [4.78, 5) is 39.7. The van der Waals surface area contributed by atoms with Crippen molar-refractivity contribution in [2.45, 2.75) is 26.4 Å². The molecule has 1 fully saturated rings.